The molecule has 2 nitrogen and oxygen atoms in total. The van der Waals surface area contributed by atoms with Crippen molar-refractivity contribution in [1.29, 1.82) is 0 Å². The van der Waals surface area contributed by atoms with Crippen molar-refractivity contribution in [2.45, 2.75) is 19.4 Å². The Morgan fingerprint density at radius 3 is 2.73 bits per heavy atom. The van der Waals surface area contributed by atoms with Gasteiger partial charge in [-0.25, -0.2) is 0 Å². The molecule has 1 aromatic heterocycles. The first-order valence-electron chi connectivity index (χ1n) is 4.36. The fourth-order valence-corrected chi connectivity index (χ4v) is 3.61. The van der Waals surface area contributed by atoms with Gasteiger partial charge in [0.25, 0.3) is 5.91 Å². The number of thiophene rings is 1. The first-order valence-corrected chi connectivity index (χ1v) is 7.88. The molecule has 1 N–H and O–H groups in total. The van der Waals surface area contributed by atoms with E-state index in [9.17, 15) is 4.79 Å². The fraction of sp³-hybridized carbons (Fsp3) is 0.444. The zero-order chi connectivity index (χ0) is 11.4. The van der Waals surface area contributed by atoms with Crippen LogP contribution in [0.2, 0.25) is 0 Å². The number of carbonyl (C=O) groups excluding carboxylic acids is 1. The number of hydrogen-bond donors (Lipinski definition) is 1. The van der Waals surface area contributed by atoms with Crippen molar-refractivity contribution in [1.82, 2.24) is 5.32 Å². The van der Waals surface area contributed by atoms with Crippen LogP contribution in [-0.4, -0.2) is 17.3 Å². The molecule has 1 heterocycles. The van der Waals surface area contributed by atoms with E-state index in [4.69, 9.17) is 0 Å². The highest BCUT2D eigenvalue weighted by atomic mass is 79.9. The Morgan fingerprint density at radius 2 is 2.27 bits per heavy atom. The summed E-state index contributed by atoms with van der Waals surface area (Å²) in [6.07, 6.45) is 0.930. The second-order valence-electron chi connectivity index (χ2n) is 3.08. The summed E-state index contributed by atoms with van der Waals surface area (Å²) >= 11 is 11.5. The van der Waals surface area contributed by atoms with Crippen LogP contribution in [0, 0.1) is 0 Å². The number of nitrogens with one attached hydrogen (secondary N) is 1. The lowest BCUT2D eigenvalue weighted by Gasteiger charge is -2.10. The summed E-state index contributed by atoms with van der Waals surface area (Å²) in [4.78, 5) is 12.5. The molecule has 1 atom stereocenters. The monoisotopic (exact) mass is 417 g/mol. The second kappa shape index (κ2) is 6.37. The molecule has 0 fully saturated rings. The number of rotatable bonds is 4. The van der Waals surface area contributed by atoms with Gasteiger partial charge >= 0.3 is 0 Å². The predicted octanol–water partition coefficient (Wildman–Crippen LogP) is 4.18. The normalized spacial score (nSPS) is 12.5. The minimum Gasteiger partial charge on any atom is -0.349 e. The maximum absolute atomic E-state index is 11.7. The van der Waals surface area contributed by atoms with Crippen LogP contribution in [0.15, 0.2) is 14.3 Å². The van der Waals surface area contributed by atoms with Gasteiger partial charge in [-0.15, -0.1) is 11.3 Å². The van der Waals surface area contributed by atoms with Crippen molar-refractivity contribution < 1.29 is 4.79 Å². The third-order valence-corrected chi connectivity index (χ3v) is 5.50. The van der Waals surface area contributed by atoms with Crippen molar-refractivity contribution in [2.75, 3.05) is 5.33 Å². The molecule has 1 unspecified atom stereocenters. The third kappa shape index (κ3) is 4.17. The minimum atomic E-state index is -0.0140. The van der Waals surface area contributed by atoms with Gasteiger partial charge in [-0.3, -0.25) is 4.79 Å². The van der Waals surface area contributed by atoms with Crippen molar-refractivity contribution in [2.24, 2.45) is 0 Å². The quantitative estimate of drug-likeness (QED) is 0.729. The molecule has 0 radical (unpaired) electrons. The van der Waals surface area contributed by atoms with Crippen LogP contribution < -0.4 is 5.32 Å². The van der Waals surface area contributed by atoms with Crippen LogP contribution in [0.4, 0.5) is 0 Å². The minimum absolute atomic E-state index is 0.0140. The van der Waals surface area contributed by atoms with Crippen LogP contribution in [-0.2, 0) is 0 Å². The highest BCUT2D eigenvalue weighted by Gasteiger charge is 2.13. The average Bonchev–Trinajstić information content (AvgIpc) is 2.47. The summed E-state index contributed by atoms with van der Waals surface area (Å²) in [6, 6.07) is 2.02. The molecule has 0 saturated carbocycles. The predicted molar refractivity (Wildman–Crippen MR) is 75.1 cm³/mol. The Kier molecular flexibility index (Phi) is 5.81. The molecule has 1 aromatic rings. The van der Waals surface area contributed by atoms with Gasteiger partial charge in [-0.2, -0.15) is 0 Å². The lowest BCUT2D eigenvalue weighted by Crippen LogP contribution is -2.32. The molecule has 1 rings (SSSR count). The van der Waals surface area contributed by atoms with E-state index in [1.54, 1.807) is 0 Å². The van der Waals surface area contributed by atoms with Crippen molar-refractivity contribution >= 4 is 65.0 Å². The molecular formula is C9H10Br3NOS. The Labute approximate surface area is 118 Å². The molecule has 0 aliphatic heterocycles. The molecule has 6 heteroatoms. The maximum atomic E-state index is 11.7. The molecule has 0 aliphatic carbocycles. The molecule has 1 amide bonds. The molecule has 15 heavy (non-hydrogen) atoms. The summed E-state index contributed by atoms with van der Waals surface area (Å²) in [5.41, 5.74) is 0. The van der Waals surface area contributed by atoms with Gasteiger partial charge in [0.2, 0.25) is 0 Å². The van der Waals surface area contributed by atoms with Crippen LogP contribution in [0.25, 0.3) is 0 Å². The fourth-order valence-electron chi connectivity index (χ4n) is 0.989. The van der Waals surface area contributed by atoms with Crippen LogP contribution in [0.3, 0.4) is 0 Å². The zero-order valence-electron chi connectivity index (χ0n) is 8.02. The molecule has 0 saturated heterocycles. The molecule has 84 valence electrons. The number of carbonyl (C=O) groups is 1. The topological polar surface area (TPSA) is 29.1 Å². The summed E-state index contributed by atoms with van der Waals surface area (Å²) in [7, 11) is 0. The number of alkyl halides is 1. The largest absolute Gasteiger partial charge is 0.349 e. The van der Waals surface area contributed by atoms with E-state index in [1.807, 2.05) is 13.0 Å². The van der Waals surface area contributed by atoms with Crippen LogP contribution in [0.5, 0.6) is 0 Å². The number of amides is 1. The van der Waals surface area contributed by atoms with Crippen molar-refractivity contribution in [3.05, 3.63) is 19.2 Å². The van der Waals surface area contributed by atoms with E-state index in [0.717, 1.165) is 24.9 Å². The molecular weight excluding hydrogens is 410 g/mol. The molecule has 0 bridgehead atoms. The number of halogens is 3. The van der Waals surface area contributed by atoms with E-state index in [-0.39, 0.29) is 11.9 Å². The first kappa shape index (κ1) is 13.7. The number of hydrogen-bond acceptors (Lipinski definition) is 2. The van der Waals surface area contributed by atoms with E-state index in [2.05, 4.69) is 53.1 Å². The van der Waals surface area contributed by atoms with Gasteiger partial charge < -0.3 is 5.32 Å². The Hall–Kier alpha value is 0.610. The Balaban J connectivity index is 2.61. The molecule has 0 aliphatic rings. The van der Waals surface area contributed by atoms with E-state index < -0.39 is 0 Å². The second-order valence-corrected chi connectivity index (χ2v) is 7.10. The van der Waals surface area contributed by atoms with Crippen LogP contribution >= 0.6 is 59.1 Å². The Bertz CT molecular complexity index is 334. The van der Waals surface area contributed by atoms with E-state index in [1.165, 1.54) is 11.3 Å². The lowest BCUT2D eigenvalue weighted by atomic mass is 10.2. The van der Waals surface area contributed by atoms with Gasteiger partial charge in [0.15, 0.2) is 0 Å². The Morgan fingerprint density at radius 1 is 1.60 bits per heavy atom. The smallest absolute Gasteiger partial charge is 0.261 e. The van der Waals surface area contributed by atoms with Gasteiger partial charge in [-0.05, 0) is 51.3 Å². The highest BCUT2D eigenvalue weighted by Crippen LogP contribution is 2.32. The highest BCUT2D eigenvalue weighted by molar-refractivity contribution is 9.13. The van der Waals surface area contributed by atoms with Gasteiger partial charge in [-0.1, -0.05) is 15.9 Å². The van der Waals surface area contributed by atoms with Crippen molar-refractivity contribution in [3.63, 3.8) is 0 Å². The lowest BCUT2D eigenvalue weighted by molar-refractivity contribution is 0.0943. The summed E-state index contributed by atoms with van der Waals surface area (Å²) in [5, 5.41) is 3.83. The zero-order valence-corrected chi connectivity index (χ0v) is 13.6. The van der Waals surface area contributed by atoms with E-state index >= 15 is 0 Å². The summed E-state index contributed by atoms with van der Waals surface area (Å²) < 4.78 is 1.87. The molecule has 0 spiro atoms. The standard InChI is InChI=1S/C9H10Br3NOS/c1-5(2-3-10)13-9(14)7-4-6(11)8(12)15-7/h4-5H,2-3H2,1H3,(H,13,14). The summed E-state index contributed by atoms with van der Waals surface area (Å²) in [6.45, 7) is 2.00. The van der Waals surface area contributed by atoms with Crippen molar-refractivity contribution in [3.8, 4) is 0 Å². The van der Waals surface area contributed by atoms with Gasteiger partial charge in [0.05, 0.1) is 8.66 Å². The van der Waals surface area contributed by atoms with Gasteiger partial charge in [0, 0.05) is 15.8 Å². The molecule has 0 aromatic carbocycles. The summed E-state index contributed by atoms with van der Waals surface area (Å²) in [5.74, 6) is -0.0140. The van der Waals surface area contributed by atoms with Gasteiger partial charge in [0.1, 0.15) is 0 Å². The van der Waals surface area contributed by atoms with E-state index in [0.29, 0.717) is 0 Å². The maximum Gasteiger partial charge on any atom is 0.261 e. The third-order valence-electron chi connectivity index (χ3n) is 1.79. The van der Waals surface area contributed by atoms with Crippen LogP contribution in [0.1, 0.15) is 23.0 Å². The average molecular weight is 420 g/mol. The SMILES string of the molecule is CC(CCBr)NC(=O)c1cc(Br)c(Br)s1. The first-order chi connectivity index (χ1) is 7.04.